The summed E-state index contributed by atoms with van der Waals surface area (Å²) >= 11 is 0. The summed E-state index contributed by atoms with van der Waals surface area (Å²) in [5.74, 6) is 1.50. The van der Waals surface area contributed by atoms with Crippen molar-refractivity contribution < 1.29 is 4.74 Å². The average Bonchev–Trinajstić information content (AvgIpc) is 3.11. The fourth-order valence-electron chi connectivity index (χ4n) is 4.35. The van der Waals surface area contributed by atoms with Gasteiger partial charge in [-0.2, -0.15) is 0 Å². The molecule has 0 spiro atoms. The van der Waals surface area contributed by atoms with E-state index in [1.54, 1.807) is 0 Å². The summed E-state index contributed by atoms with van der Waals surface area (Å²) in [7, 11) is 0. The zero-order valence-corrected chi connectivity index (χ0v) is 17.8. The Balaban J connectivity index is 1.65. The molecule has 152 valence electrons. The lowest BCUT2D eigenvalue weighted by Crippen LogP contribution is -2.29. The van der Waals surface area contributed by atoms with Gasteiger partial charge in [0, 0.05) is 31.5 Å². The van der Waals surface area contributed by atoms with Gasteiger partial charge < -0.3 is 9.30 Å². The third kappa shape index (κ3) is 4.40. The largest absolute Gasteiger partial charge is 0.494 e. The molecule has 0 radical (unpaired) electrons. The monoisotopic (exact) mass is 388 g/mol. The van der Waals surface area contributed by atoms with E-state index in [0.717, 1.165) is 25.4 Å². The molecule has 1 aromatic heterocycles. The van der Waals surface area contributed by atoms with E-state index in [2.05, 4.69) is 90.2 Å². The van der Waals surface area contributed by atoms with Crippen LogP contribution in [0.1, 0.15) is 61.5 Å². The number of fused-ring (bicyclic) bond motifs is 1. The molecular weight excluding hydrogens is 356 g/mol. The lowest BCUT2D eigenvalue weighted by atomic mass is 9.96. The predicted molar refractivity (Wildman–Crippen MR) is 119 cm³/mol. The molecule has 3 aromatic rings. The number of rotatable bonds is 6. The van der Waals surface area contributed by atoms with Gasteiger partial charge in [-0.15, -0.1) is 0 Å². The molecular formula is C26H32N2O. The van der Waals surface area contributed by atoms with Gasteiger partial charge in [-0.25, -0.2) is 0 Å². The maximum Gasteiger partial charge on any atom is 0.119 e. The van der Waals surface area contributed by atoms with Gasteiger partial charge in [0.2, 0.25) is 0 Å². The molecule has 0 saturated heterocycles. The third-order valence-electron chi connectivity index (χ3n) is 5.89. The van der Waals surface area contributed by atoms with Crippen LogP contribution in [0, 0.1) is 0 Å². The Bertz CT molecular complexity index is 909. The number of aryl methyl sites for hydroxylation is 1. The molecule has 1 aliphatic heterocycles. The van der Waals surface area contributed by atoms with Gasteiger partial charge in [0.1, 0.15) is 5.75 Å². The van der Waals surface area contributed by atoms with E-state index in [4.69, 9.17) is 4.74 Å². The molecule has 2 aromatic carbocycles. The molecule has 0 aliphatic carbocycles. The lowest BCUT2D eigenvalue weighted by molar-refractivity contribution is 0.220. The topological polar surface area (TPSA) is 17.4 Å². The van der Waals surface area contributed by atoms with Crippen LogP contribution in [0.3, 0.4) is 0 Å². The Morgan fingerprint density at radius 2 is 1.72 bits per heavy atom. The van der Waals surface area contributed by atoms with E-state index in [-0.39, 0.29) is 6.04 Å². The number of ether oxygens (including phenoxy) is 1. The highest BCUT2D eigenvalue weighted by molar-refractivity contribution is 5.34. The SMILES string of the molecule is CCOc1ccc(CN2CCCn3cccc3[C@@H]2c2ccc(C(C)C)cc2)cc1. The lowest BCUT2D eigenvalue weighted by Gasteiger charge is -2.31. The molecule has 2 heterocycles. The first-order valence-corrected chi connectivity index (χ1v) is 10.9. The second kappa shape index (κ2) is 8.87. The van der Waals surface area contributed by atoms with Crippen molar-refractivity contribution in [3.63, 3.8) is 0 Å². The minimum absolute atomic E-state index is 0.278. The van der Waals surface area contributed by atoms with Crippen molar-refractivity contribution in [1.29, 1.82) is 0 Å². The van der Waals surface area contributed by atoms with Crippen molar-refractivity contribution in [3.05, 3.63) is 89.2 Å². The highest BCUT2D eigenvalue weighted by Crippen LogP contribution is 2.34. The summed E-state index contributed by atoms with van der Waals surface area (Å²) in [5, 5.41) is 0. The van der Waals surface area contributed by atoms with Crippen molar-refractivity contribution in [2.75, 3.05) is 13.2 Å². The van der Waals surface area contributed by atoms with Crippen LogP contribution in [0.25, 0.3) is 0 Å². The maximum absolute atomic E-state index is 5.61. The Morgan fingerprint density at radius 1 is 0.966 bits per heavy atom. The summed E-state index contributed by atoms with van der Waals surface area (Å²) in [6.07, 6.45) is 3.39. The Morgan fingerprint density at radius 3 is 2.41 bits per heavy atom. The van der Waals surface area contributed by atoms with Crippen LogP contribution in [-0.4, -0.2) is 22.6 Å². The molecule has 0 amide bonds. The zero-order valence-electron chi connectivity index (χ0n) is 17.8. The van der Waals surface area contributed by atoms with Crippen molar-refractivity contribution in [3.8, 4) is 5.75 Å². The predicted octanol–water partition coefficient (Wildman–Crippen LogP) is 6.01. The van der Waals surface area contributed by atoms with Gasteiger partial charge in [0.25, 0.3) is 0 Å². The van der Waals surface area contributed by atoms with E-state index >= 15 is 0 Å². The first-order valence-electron chi connectivity index (χ1n) is 10.9. The van der Waals surface area contributed by atoms with Gasteiger partial charge in [0.05, 0.1) is 12.6 Å². The average molecular weight is 389 g/mol. The number of benzene rings is 2. The second-order valence-corrected chi connectivity index (χ2v) is 8.25. The van der Waals surface area contributed by atoms with E-state index in [1.807, 2.05) is 6.92 Å². The van der Waals surface area contributed by atoms with Gasteiger partial charge in [-0.05, 0) is 60.2 Å². The summed E-state index contributed by atoms with van der Waals surface area (Å²) in [4.78, 5) is 2.62. The smallest absolute Gasteiger partial charge is 0.119 e. The maximum atomic E-state index is 5.61. The highest BCUT2D eigenvalue weighted by atomic mass is 16.5. The molecule has 0 fully saturated rings. The van der Waals surface area contributed by atoms with Crippen LogP contribution in [0.2, 0.25) is 0 Å². The van der Waals surface area contributed by atoms with Gasteiger partial charge >= 0.3 is 0 Å². The number of aromatic nitrogens is 1. The van der Waals surface area contributed by atoms with Crippen molar-refractivity contribution in [2.24, 2.45) is 0 Å². The first-order chi connectivity index (χ1) is 14.2. The fourth-order valence-corrected chi connectivity index (χ4v) is 4.35. The van der Waals surface area contributed by atoms with Gasteiger partial charge in [-0.3, -0.25) is 4.90 Å². The molecule has 0 unspecified atom stereocenters. The molecule has 0 saturated carbocycles. The molecule has 29 heavy (non-hydrogen) atoms. The number of nitrogens with zero attached hydrogens (tertiary/aromatic N) is 2. The molecule has 3 nitrogen and oxygen atoms in total. The van der Waals surface area contributed by atoms with Crippen LogP contribution < -0.4 is 4.74 Å². The third-order valence-corrected chi connectivity index (χ3v) is 5.89. The summed E-state index contributed by atoms with van der Waals surface area (Å²) in [5.41, 5.74) is 5.50. The Hall–Kier alpha value is -2.52. The van der Waals surface area contributed by atoms with Crippen LogP contribution in [-0.2, 0) is 13.1 Å². The standard InChI is InChI=1S/C26H32N2O/c1-4-29-24-14-8-21(9-15-24)19-28-18-6-17-27-16-5-7-25(27)26(28)23-12-10-22(11-13-23)20(2)3/h5,7-16,20,26H,4,6,17-19H2,1-3H3/t26-/m0/s1. The van der Waals surface area contributed by atoms with E-state index < -0.39 is 0 Å². The minimum Gasteiger partial charge on any atom is -0.494 e. The summed E-state index contributed by atoms with van der Waals surface area (Å²) in [6, 6.07) is 22.6. The molecule has 3 heteroatoms. The molecule has 0 N–H and O–H groups in total. The normalized spacial score (nSPS) is 17.2. The summed E-state index contributed by atoms with van der Waals surface area (Å²) in [6.45, 7) is 10.3. The van der Waals surface area contributed by atoms with Crippen LogP contribution in [0.4, 0.5) is 0 Å². The van der Waals surface area contributed by atoms with E-state index in [1.165, 1.54) is 28.8 Å². The van der Waals surface area contributed by atoms with Crippen LogP contribution in [0.5, 0.6) is 5.75 Å². The zero-order chi connectivity index (χ0) is 20.2. The first kappa shape index (κ1) is 19.8. The van der Waals surface area contributed by atoms with E-state index in [0.29, 0.717) is 12.5 Å². The van der Waals surface area contributed by atoms with Gasteiger partial charge in [-0.1, -0.05) is 50.2 Å². The molecule has 1 aliphatic rings. The Labute approximate surface area is 174 Å². The van der Waals surface area contributed by atoms with Crippen molar-refractivity contribution in [1.82, 2.24) is 9.47 Å². The van der Waals surface area contributed by atoms with Crippen molar-refractivity contribution in [2.45, 2.75) is 52.2 Å². The molecule has 0 bridgehead atoms. The molecule has 4 rings (SSSR count). The quantitative estimate of drug-likeness (QED) is 0.515. The van der Waals surface area contributed by atoms with Crippen molar-refractivity contribution >= 4 is 0 Å². The van der Waals surface area contributed by atoms with Crippen LogP contribution in [0.15, 0.2) is 66.9 Å². The summed E-state index contributed by atoms with van der Waals surface area (Å²) < 4.78 is 8.04. The highest BCUT2D eigenvalue weighted by Gasteiger charge is 2.27. The Kier molecular flexibility index (Phi) is 6.05. The minimum atomic E-state index is 0.278. The molecule has 1 atom stereocenters. The van der Waals surface area contributed by atoms with Crippen LogP contribution >= 0.6 is 0 Å². The number of hydrogen-bond donors (Lipinski definition) is 0. The van der Waals surface area contributed by atoms with E-state index in [9.17, 15) is 0 Å². The fraction of sp³-hybridized carbons (Fsp3) is 0.385. The number of hydrogen-bond acceptors (Lipinski definition) is 2. The second-order valence-electron chi connectivity index (χ2n) is 8.25. The van der Waals surface area contributed by atoms with Gasteiger partial charge in [0.15, 0.2) is 0 Å².